The van der Waals surface area contributed by atoms with Gasteiger partial charge in [-0.1, -0.05) is 6.07 Å². The number of nitrogens with one attached hydrogen (secondary N) is 2. The Balaban J connectivity index is 1.67. The van der Waals surface area contributed by atoms with Crippen LogP contribution in [0.15, 0.2) is 41.0 Å². The summed E-state index contributed by atoms with van der Waals surface area (Å²) in [6.07, 6.45) is -0.383. The fourth-order valence-electron chi connectivity index (χ4n) is 2.74. The smallest absolute Gasteiger partial charge is 0.416 e. The minimum absolute atomic E-state index is 0.0977. The Morgan fingerprint density at radius 1 is 1.26 bits per heavy atom. The number of alkyl halides is 3. The van der Waals surface area contributed by atoms with E-state index in [9.17, 15) is 18.0 Å². The number of hydrogen-bond donors (Lipinski definition) is 2. The van der Waals surface area contributed by atoms with Crippen molar-refractivity contribution in [2.45, 2.75) is 31.5 Å². The quantitative estimate of drug-likeness (QED) is 0.855. The topological polar surface area (TPSA) is 54.3 Å². The lowest BCUT2D eigenvalue weighted by Crippen LogP contribution is -2.34. The average molecular weight is 324 g/mol. The van der Waals surface area contributed by atoms with Crippen molar-refractivity contribution >= 4 is 11.7 Å². The Labute approximate surface area is 130 Å². The maximum atomic E-state index is 12.7. The molecule has 1 heterocycles. The molecule has 0 bridgehead atoms. The first-order valence-electron chi connectivity index (χ1n) is 7.24. The summed E-state index contributed by atoms with van der Waals surface area (Å²) in [4.78, 5) is 12.0. The maximum absolute atomic E-state index is 12.7. The highest BCUT2D eigenvalue weighted by molar-refractivity contribution is 5.89. The Kier molecular flexibility index (Phi) is 4.02. The second kappa shape index (κ2) is 5.98. The van der Waals surface area contributed by atoms with Crippen molar-refractivity contribution in [3.05, 3.63) is 53.5 Å². The number of furan rings is 1. The number of carbonyl (C=O) groups is 1. The van der Waals surface area contributed by atoms with Gasteiger partial charge >= 0.3 is 12.2 Å². The summed E-state index contributed by atoms with van der Waals surface area (Å²) in [5, 5.41) is 5.22. The Morgan fingerprint density at radius 2 is 2.09 bits per heavy atom. The van der Waals surface area contributed by atoms with Crippen LogP contribution in [0.2, 0.25) is 0 Å². The summed E-state index contributed by atoms with van der Waals surface area (Å²) in [6, 6.07) is 5.62. The SMILES string of the molecule is O=C(Nc1cccc(C(F)(F)F)c1)NC1CCCc2occc21. The van der Waals surface area contributed by atoms with E-state index in [0.29, 0.717) is 0 Å². The Bertz CT molecular complexity index is 709. The number of hydrogen-bond acceptors (Lipinski definition) is 2. The van der Waals surface area contributed by atoms with Crippen LogP contribution in [0.1, 0.15) is 35.8 Å². The predicted molar refractivity (Wildman–Crippen MR) is 78.0 cm³/mol. The molecule has 1 aliphatic rings. The zero-order valence-electron chi connectivity index (χ0n) is 12.1. The van der Waals surface area contributed by atoms with Gasteiger partial charge in [0.15, 0.2) is 0 Å². The number of fused-ring (bicyclic) bond motifs is 1. The van der Waals surface area contributed by atoms with Crippen molar-refractivity contribution < 1.29 is 22.4 Å². The molecule has 2 N–H and O–H groups in total. The molecular formula is C16H15F3N2O2. The number of anilines is 1. The minimum Gasteiger partial charge on any atom is -0.469 e. The van der Waals surface area contributed by atoms with E-state index in [1.54, 1.807) is 6.26 Å². The van der Waals surface area contributed by atoms with E-state index in [1.165, 1.54) is 12.1 Å². The predicted octanol–water partition coefficient (Wildman–Crippen LogP) is 4.50. The van der Waals surface area contributed by atoms with Crippen LogP contribution < -0.4 is 10.6 Å². The summed E-state index contributed by atoms with van der Waals surface area (Å²) < 4.78 is 43.3. The van der Waals surface area contributed by atoms with E-state index in [1.807, 2.05) is 6.07 Å². The minimum atomic E-state index is -4.44. The number of urea groups is 1. The van der Waals surface area contributed by atoms with Crippen LogP contribution in [0.4, 0.5) is 23.7 Å². The standard InChI is InChI=1S/C16H15F3N2O2/c17-16(18,19)10-3-1-4-11(9-10)20-15(22)21-13-5-2-6-14-12(13)7-8-23-14/h1,3-4,7-9,13H,2,5-6H2,(H2,20,21,22). The van der Waals surface area contributed by atoms with Gasteiger partial charge in [-0.25, -0.2) is 4.79 Å². The second-order valence-electron chi connectivity index (χ2n) is 5.42. The third-order valence-corrected chi connectivity index (χ3v) is 3.81. The van der Waals surface area contributed by atoms with Crippen molar-refractivity contribution in [2.75, 3.05) is 5.32 Å². The van der Waals surface area contributed by atoms with Gasteiger partial charge in [0.2, 0.25) is 0 Å². The van der Waals surface area contributed by atoms with Gasteiger partial charge in [0, 0.05) is 17.7 Å². The molecule has 1 aromatic carbocycles. The van der Waals surface area contributed by atoms with Crippen molar-refractivity contribution in [1.29, 1.82) is 0 Å². The highest BCUT2D eigenvalue weighted by Gasteiger charge is 2.30. The highest BCUT2D eigenvalue weighted by Crippen LogP contribution is 2.32. The Hall–Kier alpha value is -2.44. The van der Waals surface area contributed by atoms with Gasteiger partial charge < -0.3 is 15.1 Å². The molecule has 122 valence electrons. The van der Waals surface area contributed by atoms with E-state index in [2.05, 4.69) is 10.6 Å². The average Bonchev–Trinajstić information content (AvgIpc) is 2.96. The Morgan fingerprint density at radius 3 is 2.87 bits per heavy atom. The van der Waals surface area contributed by atoms with Crippen LogP contribution in [0.25, 0.3) is 0 Å². The van der Waals surface area contributed by atoms with Crippen molar-refractivity contribution in [2.24, 2.45) is 0 Å². The van der Waals surface area contributed by atoms with E-state index in [4.69, 9.17) is 4.42 Å². The molecule has 0 radical (unpaired) electrons. The largest absolute Gasteiger partial charge is 0.469 e. The molecule has 4 nitrogen and oxygen atoms in total. The van der Waals surface area contributed by atoms with Crippen molar-refractivity contribution in [3.63, 3.8) is 0 Å². The van der Waals surface area contributed by atoms with Crippen LogP contribution in [0, 0.1) is 0 Å². The van der Waals surface area contributed by atoms with Gasteiger partial charge in [-0.05, 0) is 37.1 Å². The number of carbonyl (C=O) groups excluding carboxylic acids is 1. The van der Waals surface area contributed by atoms with E-state index in [-0.39, 0.29) is 11.7 Å². The van der Waals surface area contributed by atoms with Crippen molar-refractivity contribution in [1.82, 2.24) is 5.32 Å². The molecule has 0 spiro atoms. The monoisotopic (exact) mass is 324 g/mol. The maximum Gasteiger partial charge on any atom is 0.416 e. The van der Waals surface area contributed by atoms with Crippen molar-refractivity contribution in [3.8, 4) is 0 Å². The van der Waals surface area contributed by atoms with Gasteiger partial charge in [0.05, 0.1) is 17.9 Å². The molecule has 7 heteroatoms. The van der Waals surface area contributed by atoms with E-state index < -0.39 is 17.8 Å². The molecule has 23 heavy (non-hydrogen) atoms. The lowest BCUT2D eigenvalue weighted by atomic mass is 9.93. The number of benzene rings is 1. The fraction of sp³-hybridized carbons (Fsp3) is 0.312. The molecule has 0 fully saturated rings. The summed E-state index contributed by atoms with van der Waals surface area (Å²) in [5.41, 5.74) is 0.223. The summed E-state index contributed by atoms with van der Waals surface area (Å²) in [6.45, 7) is 0. The van der Waals surface area contributed by atoms with Crippen LogP contribution in [0.3, 0.4) is 0 Å². The van der Waals surface area contributed by atoms with Crippen LogP contribution in [0.5, 0.6) is 0 Å². The molecule has 1 aromatic heterocycles. The summed E-state index contributed by atoms with van der Waals surface area (Å²) in [5.74, 6) is 0.848. The third-order valence-electron chi connectivity index (χ3n) is 3.81. The van der Waals surface area contributed by atoms with Gasteiger partial charge in [-0.15, -0.1) is 0 Å². The van der Waals surface area contributed by atoms with Gasteiger partial charge in [0.1, 0.15) is 5.76 Å². The van der Waals surface area contributed by atoms with Gasteiger partial charge in [0.25, 0.3) is 0 Å². The number of amides is 2. The fourth-order valence-corrected chi connectivity index (χ4v) is 2.74. The first-order valence-corrected chi connectivity index (χ1v) is 7.24. The van der Waals surface area contributed by atoms with Gasteiger partial charge in [-0.3, -0.25) is 0 Å². The van der Waals surface area contributed by atoms with Crippen LogP contribution in [-0.4, -0.2) is 6.03 Å². The van der Waals surface area contributed by atoms with E-state index in [0.717, 1.165) is 42.7 Å². The number of halogens is 3. The molecular weight excluding hydrogens is 309 g/mol. The highest BCUT2D eigenvalue weighted by atomic mass is 19.4. The first kappa shape index (κ1) is 15.5. The lowest BCUT2D eigenvalue weighted by Gasteiger charge is -2.23. The summed E-state index contributed by atoms with van der Waals surface area (Å²) in [7, 11) is 0. The molecule has 2 aromatic rings. The zero-order chi connectivity index (χ0) is 16.4. The van der Waals surface area contributed by atoms with E-state index >= 15 is 0 Å². The zero-order valence-corrected chi connectivity index (χ0v) is 12.1. The molecule has 3 rings (SSSR count). The number of aryl methyl sites for hydroxylation is 1. The molecule has 1 aliphatic carbocycles. The normalized spacial score (nSPS) is 17.4. The number of rotatable bonds is 2. The van der Waals surface area contributed by atoms with Gasteiger partial charge in [-0.2, -0.15) is 13.2 Å². The second-order valence-corrected chi connectivity index (χ2v) is 5.42. The molecule has 2 amide bonds. The molecule has 0 aliphatic heterocycles. The molecule has 0 saturated heterocycles. The van der Waals surface area contributed by atoms with Crippen LogP contribution in [-0.2, 0) is 12.6 Å². The molecule has 1 unspecified atom stereocenters. The molecule has 0 saturated carbocycles. The third kappa shape index (κ3) is 3.49. The van der Waals surface area contributed by atoms with Crippen LogP contribution >= 0.6 is 0 Å². The lowest BCUT2D eigenvalue weighted by molar-refractivity contribution is -0.137. The first-order chi connectivity index (χ1) is 10.9. The summed E-state index contributed by atoms with van der Waals surface area (Å²) >= 11 is 0. The molecule has 1 atom stereocenters.